The van der Waals surface area contributed by atoms with Gasteiger partial charge in [0.1, 0.15) is 5.82 Å². The van der Waals surface area contributed by atoms with Gasteiger partial charge in [-0.3, -0.25) is 4.98 Å². The summed E-state index contributed by atoms with van der Waals surface area (Å²) in [5.74, 6) is 0.954. The smallest absolute Gasteiger partial charge is 0.157 e. The Labute approximate surface area is 130 Å². The molecule has 0 radical (unpaired) electrons. The number of fused-ring (bicyclic) bond motifs is 1. The van der Waals surface area contributed by atoms with Crippen molar-refractivity contribution in [3.05, 3.63) is 53.6 Å². The molecule has 0 fully saturated rings. The number of anilines is 1. The van der Waals surface area contributed by atoms with Crippen molar-refractivity contribution in [2.45, 2.75) is 39.7 Å². The Balaban J connectivity index is 1.96. The lowest BCUT2D eigenvalue weighted by atomic mass is 9.93. The van der Waals surface area contributed by atoms with Crippen molar-refractivity contribution in [1.82, 2.24) is 19.6 Å². The highest BCUT2D eigenvalue weighted by atomic mass is 15.3. The first-order chi connectivity index (χ1) is 10.4. The lowest BCUT2D eigenvalue weighted by Gasteiger charge is -2.14. The minimum absolute atomic E-state index is 0.00394. The molecule has 3 heterocycles. The average Bonchev–Trinajstić information content (AvgIpc) is 2.90. The molecular weight excluding hydrogens is 274 g/mol. The van der Waals surface area contributed by atoms with Crippen LogP contribution < -0.4 is 5.32 Å². The third-order valence-corrected chi connectivity index (χ3v) is 3.55. The maximum absolute atomic E-state index is 4.72. The maximum Gasteiger partial charge on any atom is 0.157 e. The zero-order chi connectivity index (χ0) is 15.7. The second-order valence-corrected chi connectivity index (χ2v) is 6.54. The molecule has 22 heavy (non-hydrogen) atoms. The Hall–Kier alpha value is -2.43. The molecule has 5 nitrogen and oxygen atoms in total. The number of hydrogen-bond acceptors (Lipinski definition) is 4. The zero-order valence-electron chi connectivity index (χ0n) is 13.5. The van der Waals surface area contributed by atoms with Crippen LogP contribution >= 0.6 is 0 Å². The van der Waals surface area contributed by atoms with Crippen LogP contribution in [0.3, 0.4) is 0 Å². The van der Waals surface area contributed by atoms with Crippen LogP contribution in [0.15, 0.2) is 36.7 Å². The van der Waals surface area contributed by atoms with Gasteiger partial charge in [0, 0.05) is 42.2 Å². The molecule has 3 aromatic rings. The Bertz CT molecular complexity index is 784. The molecule has 3 rings (SSSR count). The van der Waals surface area contributed by atoms with Crippen LogP contribution in [0.4, 0.5) is 5.82 Å². The minimum atomic E-state index is 0.00394. The molecule has 0 aliphatic heterocycles. The summed E-state index contributed by atoms with van der Waals surface area (Å²) >= 11 is 0. The van der Waals surface area contributed by atoms with E-state index in [0.29, 0.717) is 0 Å². The standard InChI is InChI=1S/C17H21N5/c1-12-9-15(19-11-13-5-7-18-8-6-13)22-16(20-12)10-14(21-22)17(2,3)4/h5-10,19H,11H2,1-4H3. The van der Waals surface area contributed by atoms with Crippen LogP contribution in [-0.2, 0) is 12.0 Å². The molecule has 3 aromatic heterocycles. The number of nitrogens with zero attached hydrogens (tertiary/aromatic N) is 4. The highest BCUT2D eigenvalue weighted by molar-refractivity contribution is 5.51. The van der Waals surface area contributed by atoms with Crippen molar-refractivity contribution in [3.63, 3.8) is 0 Å². The molecule has 0 saturated heterocycles. The molecule has 0 amide bonds. The van der Waals surface area contributed by atoms with E-state index in [9.17, 15) is 0 Å². The Morgan fingerprint density at radius 1 is 1.14 bits per heavy atom. The van der Waals surface area contributed by atoms with Crippen molar-refractivity contribution >= 4 is 11.5 Å². The Morgan fingerprint density at radius 3 is 2.55 bits per heavy atom. The number of rotatable bonds is 3. The Morgan fingerprint density at radius 2 is 1.86 bits per heavy atom. The van der Waals surface area contributed by atoms with Gasteiger partial charge in [0.15, 0.2) is 5.65 Å². The van der Waals surface area contributed by atoms with Gasteiger partial charge >= 0.3 is 0 Å². The maximum atomic E-state index is 4.72. The predicted molar refractivity (Wildman–Crippen MR) is 88.0 cm³/mol. The predicted octanol–water partition coefficient (Wildman–Crippen LogP) is 3.34. The second kappa shape index (κ2) is 5.40. The highest BCUT2D eigenvalue weighted by Crippen LogP contribution is 2.23. The molecule has 0 atom stereocenters. The van der Waals surface area contributed by atoms with Gasteiger partial charge in [-0.1, -0.05) is 20.8 Å². The van der Waals surface area contributed by atoms with Crippen molar-refractivity contribution in [2.75, 3.05) is 5.32 Å². The molecule has 0 aromatic carbocycles. The van der Waals surface area contributed by atoms with Gasteiger partial charge in [-0.2, -0.15) is 9.61 Å². The van der Waals surface area contributed by atoms with Crippen LogP contribution in [0.2, 0.25) is 0 Å². The third kappa shape index (κ3) is 2.93. The van der Waals surface area contributed by atoms with Gasteiger partial charge < -0.3 is 5.32 Å². The van der Waals surface area contributed by atoms with E-state index in [4.69, 9.17) is 5.10 Å². The summed E-state index contributed by atoms with van der Waals surface area (Å²) in [5, 5.41) is 8.16. The van der Waals surface area contributed by atoms with Gasteiger partial charge in [-0.05, 0) is 24.6 Å². The first-order valence-corrected chi connectivity index (χ1v) is 7.44. The lowest BCUT2D eigenvalue weighted by molar-refractivity contribution is 0.563. The van der Waals surface area contributed by atoms with E-state index < -0.39 is 0 Å². The normalized spacial score (nSPS) is 11.8. The summed E-state index contributed by atoms with van der Waals surface area (Å²) in [6.45, 7) is 9.20. The lowest BCUT2D eigenvalue weighted by Crippen LogP contribution is -2.12. The van der Waals surface area contributed by atoms with Crippen LogP contribution in [0.1, 0.15) is 37.7 Å². The molecule has 0 saturated carbocycles. The van der Waals surface area contributed by atoms with Crippen molar-refractivity contribution < 1.29 is 0 Å². The van der Waals surface area contributed by atoms with Crippen LogP contribution in [-0.4, -0.2) is 19.6 Å². The Kier molecular flexibility index (Phi) is 3.56. The van der Waals surface area contributed by atoms with Crippen molar-refractivity contribution in [1.29, 1.82) is 0 Å². The molecule has 5 heteroatoms. The van der Waals surface area contributed by atoms with E-state index in [1.165, 1.54) is 5.56 Å². The molecule has 114 valence electrons. The summed E-state index contributed by atoms with van der Waals surface area (Å²) in [5.41, 5.74) is 4.08. The molecule has 0 spiro atoms. The van der Waals surface area contributed by atoms with Gasteiger partial charge in [0.2, 0.25) is 0 Å². The monoisotopic (exact) mass is 295 g/mol. The quantitative estimate of drug-likeness (QED) is 0.805. The molecular formula is C17H21N5. The summed E-state index contributed by atoms with van der Waals surface area (Å²) in [6.07, 6.45) is 3.60. The van der Waals surface area contributed by atoms with Gasteiger partial charge in [-0.25, -0.2) is 4.98 Å². The van der Waals surface area contributed by atoms with Crippen molar-refractivity contribution in [2.24, 2.45) is 0 Å². The summed E-state index contributed by atoms with van der Waals surface area (Å²) in [7, 11) is 0. The summed E-state index contributed by atoms with van der Waals surface area (Å²) < 4.78 is 1.88. The molecule has 1 N–H and O–H groups in total. The fourth-order valence-electron chi connectivity index (χ4n) is 2.29. The fourth-order valence-corrected chi connectivity index (χ4v) is 2.29. The van der Waals surface area contributed by atoms with E-state index in [1.54, 1.807) is 12.4 Å². The molecule has 0 bridgehead atoms. The molecule has 0 unspecified atom stereocenters. The zero-order valence-corrected chi connectivity index (χ0v) is 13.5. The van der Waals surface area contributed by atoms with E-state index in [-0.39, 0.29) is 5.41 Å². The summed E-state index contributed by atoms with van der Waals surface area (Å²) in [6, 6.07) is 8.09. The van der Waals surface area contributed by atoms with Crippen LogP contribution in [0, 0.1) is 6.92 Å². The third-order valence-electron chi connectivity index (χ3n) is 3.55. The minimum Gasteiger partial charge on any atom is -0.366 e. The molecule has 0 aliphatic rings. The first-order valence-electron chi connectivity index (χ1n) is 7.44. The van der Waals surface area contributed by atoms with Crippen LogP contribution in [0.5, 0.6) is 0 Å². The number of hydrogen-bond donors (Lipinski definition) is 1. The summed E-state index contributed by atoms with van der Waals surface area (Å²) in [4.78, 5) is 8.62. The van der Waals surface area contributed by atoms with E-state index >= 15 is 0 Å². The van der Waals surface area contributed by atoms with Gasteiger partial charge in [0.05, 0.1) is 5.69 Å². The second-order valence-electron chi connectivity index (χ2n) is 6.54. The first kappa shape index (κ1) is 14.5. The number of nitrogens with one attached hydrogen (secondary N) is 1. The van der Waals surface area contributed by atoms with Gasteiger partial charge in [-0.15, -0.1) is 0 Å². The van der Waals surface area contributed by atoms with Gasteiger partial charge in [0.25, 0.3) is 0 Å². The van der Waals surface area contributed by atoms with E-state index in [0.717, 1.165) is 29.4 Å². The van der Waals surface area contributed by atoms with E-state index in [2.05, 4.69) is 42.1 Å². The topological polar surface area (TPSA) is 55.1 Å². The number of aromatic nitrogens is 4. The van der Waals surface area contributed by atoms with Crippen molar-refractivity contribution in [3.8, 4) is 0 Å². The highest BCUT2D eigenvalue weighted by Gasteiger charge is 2.19. The average molecular weight is 295 g/mol. The van der Waals surface area contributed by atoms with Crippen LogP contribution in [0.25, 0.3) is 5.65 Å². The van der Waals surface area contributed by atoms with E-state index in [1.807, 2.05) is 29.6 Å². The molecule has 0 aliphatic carbocycles. The largest absolute Gasteiger partial charge is 0.366 e. The number of aryl methyl sites for hydroxylation is 1. The fraction of sp³-hybridized carbons (Fsp3) is 0.353. The SMILES string of the molecule is Cc1cc(NCc2ccncc2)n2nc(C(C)(C)C)cc2n1. The number of pyridine rings is 1.